The van der Waals surface area contributed by atoms with E-state index in [-0.39, 0.29) is 6.54 Å². The molecule has 1 aromatic rings. The van der Waals surface area contributed by atoms with E-state index in [0.717, 1.165) is 17.0 Å². The van der Waals surface area contributed by atoms with Crippen molar-refractivity contribution in [2.45, 2.75) is 6.43 Å². The zero-order valence-corrected chi connectivity index (χ0v) is 10.6. The molecule has 0 amide bonds. The van der Waals surface area contributed by atoms with Crippen LogP contribution < -0.4 is 4.74 Å². The lowest BCUT2D eigenvalue weighted by Crippen LogP contribution is -2.27. The van der Waals surface area contributed by atoms with E-state index in [0.29, 0.717) is 5.70 Å². The zero-order valence-electron chi connectivity index (χ0n) is 10.6. The molecule has 0 radical (unpaired) electrons. The number of hydrogen-bond donors (Lipinski definition) is 0. The summed E-state index contributed by atoms with van der Waals surface area (Å²) in [7, 11) is 1.59. The van der Waals surface area contributed by atoms with Gasteiger partial charge in [-0.25, -0.2) is 8.78 Å². The lowest BCUT2D eigenvalue weighted by molar-refractivity contribution is 0.123. The number of ether oxygens (including phenoxy) is 1. The highest BCUT2D eigenvalue weighted by molar-refractivity contribution is 5.70. The second kappa shape index (κ2) is 5.69. The van der Waals surface area contributed by atoms with Crippen LogP contribution in [-0.4, -0.2) is 25.0 Å². The molecule has 0 spiro atoms. The van der Waals surface area contributed by atoms with Crippen molar-refractivity contribution in [2.75, 3.05) is 13.7 Å². The average molecular weight is 263 g/mol. The van der Waals surface area contributed by atoms with Gasteiger partial charge >= 0.3 is 0 Å². The molecule has 0 saturated carbocycles. The van der Waals surface area contributed by atoms with Gasteiger partial charge in [-0.2, -0.15) is 0 Å². The summed E-state index contributed by atoms with van der Waals surface area (Å²) >= 11 is 0. The summed E-state index contributed by atoms with van der Waals surface area (Å²) in [6, 6.07) is 7.29. The number of allylic oxidation sites excluding steroid dienone is 3. The first-order chi connectivity index (χ1) is 9.11. The molecule has 4 heteroatoms. The lowest BCUT2D eigenvalue weighted by atomic mass is 10.1. The highest BCUT2D eigenvalue weighted by atomic mass is 19.3. The van der Waals surface area contributed by atoms with Crippen LogP contribution in [0.3, 0.4) is 0 Å². The van der Waals surface area contributed by atoms with Gasteiger partial charge in [0.15, 0.2) is 0 Å². The van der Waals surface area contributed by atoms with E-state index in [1.807, 2.05) is 18.2 Å². The van der Waals surface area contributed by atoms with Crippen LogP contribution in [0.2, 0.25) is 0 Å². The van der Waals surface area contributed by atoms with E-state index < -0.39 is 6.43 Å². The minimum atomic E-state index is -2.41. The normalized spacial score (nSPS) is 14.8. The van der Waals surface area contributed by atoms with Crippen LogP contribution in [0, 0.1) is 0 Å². The Labute approximate surface area is 111 Å². The smallest absolute Gasteiger partial charge is 0.256 e. The van der Waals surface area contributed by atoms with Crippen molar-refractivity contribution in [1.29, 1.82) is 0 Å². The molecule has 0 N–H and O–H groups in total. The molecule has 0 unspecified atom stereocenters. The topological polar surface area (TPSA) is 12.5 Å². The number of benzene rings is 1. The van der Waals surface area contributed by atoms with Crippen molar-refractivity contribution in [3.8, 4) is 5.75 Å². The highest BCUT2D eigenvalue weighted by Gasteiger charge is 2.19. The van der Waals surface area contributed by atoms with Crippen LogP contribution in [0.4, 0.5) is 8.78 Å². The zero-order chi connectivity index (χ0) is 13.8. The molecule has 0 saturated heterocycles. The Morgan fingerprint density at radius 1 is 1.26 bits per heavy atom. The van der Waals surface area contributed by atoms with Gasteiger partial charge in [-0.3, -0.25) is 0 Å². The minimum Gasteiger partial charge on any atom is -0.497 e. The number of halogens is 2. The van der Waals surface area contributed by atoms with E-state index in [4.69, 9.17) is 4.74 Å². The van der Waals surface area contributed by atoms with Crippen molar-refractivity contribution >= 4 is 5.70 Å². The minimum absolute atomic E-state index is 0.360. The van der Waals surface area contributed by atoms with Crippen LogP contribution in [0.15, 0.2) is 54.8 Å². The second-order valence-corrected chi connectivity index (χ2v) is 4.13. The third-order valence-corrected chi connectivity index (χ3v) is 2.89. The Morgan fingerprint density at radius 3 is 2.53 bits per heavy atom. The summed E-state index contributed by atoms with van der Waals surface area (Å²) in [5, 5.41) is 0. The summed E-state index contributed by atoms with van der Waals surface area (Å²) in [6.07, 6.45) is 2.92. The van der Waals surface area contributed by atoms with E-state index in [1.54, 1.807) is 31.4 Å². The maximum atomic E-state index is 12.6. The highest BCUT2D eigenvalue weighted by Crippen LogP contribution is 2.28. The molecule has 0 fully saturated rings. The van der Waals surface area contributed by atoms with Gasteiger partial charge in [0.25, 0.3) is 6.43 Å². The molecule has 19 heavy (non-hydrogen) atoms. The van der Waals surface area contributed by atoms with Gasteiger partial charge in [-0.05, 0) is 42.0 Å². The van der Waals surface area contributed by atoms with Gasteiger partial charge in [0.1, 0.15) is 5.75 Å². The maximum Gasteiger partial charge on any atom is 0.256 e. The van der Waals surface area contributed by atoms with Gasteiger partial charge in [0.2, 0.25) is 0 Å². The Morgan fingerprint density at radius 2 is 1.95 bits per heavy atom. The number of nitrogens with zero attached hydrogens (tertiary/aromatic N) is 1. The number of hydrogen-bond acceptors (Lipinski definition) is 2. The molecule has 0 atom stereocenters. The van der Waals surface area contributed by atoms with Gasteiger partial charge in [0.05, 0.1) is 13.7 Å². The Balaban J connectivity index is 2.30. The van der Waals surface area contributed by atoms with E-state index in [1.165, 1.54) is 4.90 Å². The SMILES string of the molecule is C=C1C=CC=C(c2ccc(OC)cc2)N1CC(F)F. The fourth-order valence-corrected chi connectivity index (χ4v) is 1.95. The van der Waals surface area contributed by atoms with E-state index in [2.05, 4.69) is 6.58 Å². The second-order valence-electron chi connectivity index (χ2n) is 4.13. The van der Waals surface area contributed by atoms with Crippen LogP contribution in [-0.2, 0) is 0 Å². The van der Waals surface area contributed by atoms with Crippen LogP contribution in [0.5, 0.6) is 5.75 Å². The summed E-state index contributed by atoms with van der Waals surface area (Å²) < 4.78 is 30.4. The Hall–Kier alpha value is -2.10. The van der Waals surface area contributed by atoms with Crippen molar-refractivity contribution < 1.29 is 13.5 Å². The summed E-state index contributed by atoms with van der Waals surface area (Å²) in [5.74, 6) is 0.731. The van der Waals surface area contributed by atoms with Gasteiger partial charge in [-0.15, -0.1) is 0 Å². The van der Waals surface area contributed by atoms with Crippen molar-refractivity contribution in [3.05, 3.63) is 60.3 Å². The van der Waals surface area contributed by atoms with Crippen LogP contribution >= 0.6 is 0 Å². The molecule has 1 aliphatic heterocycles. The van der Waals surface area contributed by atoms with Crippen LogP contribution in [0.25, 0.3) is 5.70 Å². The summed E-state index contributed by atoms with van der Waals surface area (Å²) in [6.45, 7) is 3.44. The Bertz CT molecular complexity index is 517. The van der Waals surface area contributed by atoms with E-state index in [9.17, 15) is 8.78 Å². The van der Waals surface area contributed by atoms with Gasteiger partial charge in [0, 0.05) is 11.4 Å². The van der Waals surface area contributed by atoms with Crippen molar-refractivity contribution in [1.82, 2.24) is 4.90 Å². The first-order valence-corrected chi connectivity index (χ1v) is 5.89. The predicted molar refractivity (Wildman–Crippen MR) is 72.0 cm³/mol. The summed E-state index contributed by atoms with van der Waals surface area (Å²) in [4.78, 5) is 1.52. The largest absolute Gasteiger partial charge is 0.497 e. The molecule has 2 rings (SSSR count). The fraction of sp³-hybridized carbons (Fsp3) is 0.200. The van der Waals surface area contributed by atoms with Gasteiger partial charge in [-0.1, -0.05) is 12.7 Å². The molecule has 1 aromatic carbocycles. The Kier molecular flexibility index (Phi) is 4.00. The van der Waals surface area contributed by atoms with Crippen molar-refractivity contribution in [3.63, 3.8) is 0 Å². The number of methoxy groups -OCH3 is 1. The molecule has 0 bridgehead atoms. The van der Waals surface area contributed by atoms with Crippen molar-refractivity contribution in [2.24, 2.45) is 0 Å². The molecule has 1 aliphatic rings. The van der Waals surface area contributed by atoms with E-state index >= 15 is 0 Å². The maximum absolute atomic E-state index is 12.6. The lowest BCUT2D eigenvalue weighted by Gasteiger charge is -2.29. The fourth-order valence-electron chi connectivity index (χ4n) is 1.95. The van der Waals surface area contributed by atoms with Gasteiger partial charge < -0.3 is 9.64 Å². The monoisotopic (exact) mass is 263 g/mol. The molecule has 2 nitrogen and oxygen atoms in total. The molecule has 0 aromatic heterocycles. The third-order valence-electron chi connectivity index (χ3n) is 2.89. The molecular weight excluding hydrogens is 248 g/mol. The molecule has 0 aliphatic carbocycles. The van der Waals surface area contributed by atoms with Crippen LogP contribution in [0.1, 0.15) is 5.56 Å². The quantitative estimate of drug-likeness (QED) is 0.821. The number of rotatable bonds is 4. The predicted octanol–water partition coefficient (Wildman–Crippen LogP) is 3.69. The summed E-state index contributed by atoms with van der Waals surface area (Å²) in [5.41, 5.74) is 2.14. The molecular formula is C15H15F2NO. The molecule has 100 valence electrons. The first-order valence-electron chi connectivity index (χ1n) is 5.89. The molecule has 1 heterocycles. The standard InChI is InChI=1S/C15H15F2NO/c1-11-4-3-5-14(18(11)10-15(16)17)12-6-8-13(19-2)9-7-12/h3-9,15H,1,10H2,2H3. The first kappa shape index (κ1) is 13.3. The number of alkyl halides is 2. The average Bonchev–Trinajstić information content (AvgIpc) is 2.41. The third kappa shape index (κ3) is 3.02.